The highest BCUT2D eigenvalue weighted by molar-refractivity contribution is 5.96. The molecule has 7 heteroatoms. The van der Waals surface area contributed by atoms with E-state index < -0.39 is 5.91 Å². The number of hydrogen-bond donors (Lipinski definition) is 2. The summed E-state index contributed by atoms with van der Waals surface area (Å²) in [6, 6.07) is 3.16. The topological polar surface area (TPSA) is 105 Å². The van der Waals surface area contributed by atoms with Gasteiger partial charge in [-0.1, -0.05) is 0 Å². The monoisotopic (exact) mass is 276 g/mol. The maximum atomic E-state index is 11.8. The summed E-state index contributed by atoms with van der Waals surface area (Å²) in [5.41, 5.74) is 2.89. The van der Waals surface area contributed by atoms with Crippen molar-refractivity contribution in [2.45, 2.75) is 32.2 Å². The molecule has 1 aromatic heterocycles. The Kier molecular flexibility index (Phi) is 4.41. The van der Waals surface area contributed by atoms with E-state index in [4.69, 9.17) is 5.84 Å². The number of imide groups is 1. The number of nitrogens with zero attached hydrogens (tertiary/aromatic N) is 2. The molecule has 2 rings (SSSR count). The number of hydrazine groups is 1. The van der Waals surface area contributed by atoms with E-state index in [9.17, 15) is 14.4 Å². The Bertz CT molecular complexity index is 509. The van der Waals surface area contributed by atoms with Crippen molar-refractivity contribution >= 4 is 17.7 Å². The number of nitrogen functional groups attached to an aromatic ring is 1. The SMILES string of the molecule is NNC(=O)c1ccc(CN2C(=O)CCCCC2=O)nc1. The molecule has 1 aliphatic rings. The molecule has 3 N–H and O–H groups in total. The molecule has 7 nitrogen and oxygen atoms in total. The molecule has 0 bridgehead atoms. The van der Waals surface area contributed by atoms with Crippen LogP contribution in [-0.2, 0) is 16.1 Å². The minimum atomic E-state index is -0.439. The van der Waals surface area contributed by atoms with Crippen molar-refractivity contribution in [1.82, 2.24) is 15.3 Å². The molecule has 1 aromatic rings. The van der Waals surface area contributed by atoms with Crippen molar-refractivity contribution in [2.75, 3.05) is 0 Å². The van der Waals surface area contributed by atoms with Gasteiger partial charge in [0.2, 0.25) is 11.8 Å². The summed E-state index contributed by atoms with van der Waals surface area (Å²) in [5.74, 6) is 4.24. The second-order valence-corrected chi connectivity index (χ2v) is 4.59. The predicted octanol–water partition coefficient (Wildman–Crippen LogP) is 0.114. The number of likely N-dealkylation sites (tertiary alicyclic amines) is 1. The van der Waals surface area contributed by atoms with Crippen LogP contribution < -0.4 is 11.3 Å². The zero-order chi connectivity index (χ0) is 14.5. The molecule has 0 saturated carbocycles. The van der Waals surface area contributed by atoms with Crippen LogP contribution in [0.5, 0.6) is 0 Å². The molecule has 106 valence electrons. The van der Waals surface area contributed by atoms with Gasteiger partial charge >= 0.3 is 0 Å². The molecule has 3 amide bonds. The fourth-order valence-electron chi connectivity index (χ4n) is 2.04. The van der Waals surface area contributed by atoms with Gasteiger partial charge in [-0.05, 0) is 25.0 Å². The van der Waals surface area contributed by atoms with Gasteiger partial charge in [0.05, 0.1) is 17.8 Å². The minimum absolute atomic E-state index is 0.141. The number of amides is 3. The van der Waals surface area contributed by atoms with Crippen LogP contribution in [0.25, 0.3) is 0 Å². The van der Waals surface area contributed by atoms with Gasteiger partial charge in [-0.25, -0.2) is 5.84 Å². The van der Waals surface area contributed by atoms with Crippen molar-refractivity contribution < 1.29 is 14.4 Å². The van der Waals surface area contributed by atoms with Crippen molar-refractivity contribution in [3.05, 3.63) is 29.6 Å². The van der Waals surface area contributed by atoms with Crippen molar-refractivity contribution in [3.63, 3.8) is 0 Å². The Hall–Kier alpha value is -2.28. The predicted molar refractivity (Wildman–Crippen MR) is 69.9 cm³/mol. The van der Waals surface area contributed by atoms with E-state index in [-0.39, 0.29) is 18.4 Å². The molecular formula is C13H16N4O3. The largest absolute Gasteiger partial charge is 0.290 e. The summed E-state index contributed by atoms with van der Waals surface area (Å²) >= 11 is 0. The highest BCUT2D eigenvalue weighted by Crippen LogP contribution is 2.15. The maximum Gasteiger partial charge on any atom is 0.266 e. The number of carbonyl (C=O) groups is 3. The van der Waals surface area contributed by atoms with Gasteiger partial charge in [0.25, 0.3) is 5.91 Å². The quantitative estimate of drug-likeness (QED) is 0.353. The Balaban J connectivity index is 2.10. The number of hydrogen-bond acceptors (Lipinski definition) is 5. The van der Waals surface area contributed by atoms with Gasteiger partial charge < -0.3 is 0 Å². The molecule has 0 unspecified atom stereocenters. The first-order valence-electron chi connectivity index (χ1n) is 6.41. The summed E-state index contributed by atoms with van der Waals surface area (Å²) in [7, 11) is 0. The molecule has 0 aromatic carbocycles. The van der Waals surface area contributed by atoms with Gasteiger partial charge in [-0.15, -0.1) is 0 Å². The van der Waals surface area contributed by atoms with Crippen LogP contribution in [0.3, 0.4) is 0 Å². The molecular weight excluding hydrogens is 260 g/mol. The third kappa shape index (κ3) is 3.18. The summed E-state index contributed by atoms with van der Waals surface area (Å²) in [6.45, 7) is 0.141. The first-order valence-corrected chi connectivity index (χ1v) is 6.41. The first kappa shape index (κ1) is 14.1. The Morgan fingerprint density at radius 1 is 1.25 bits per heavy atom. The molecule has 0 spiro atoms. The zero-order valence-corrected chi connectivity index (χ0v) is 11.0. The van der Waals surface area contributed by atoms with E-state index in [2.05, 4.69) is 4.98 Å². The second-order valence-electron chi connectivity index (χ2n) is 4.59. The van der Waals surface area contributed by atoms with Gasteiger partial charge in [-0.3, -0.25) is 29.7 Å². The van der Waals surface area contributed by atoms with E-state index >= 15 is 0 Å². The second kappa shape index (κ2) is 6.25. The number of rotatable bonds is 3. The third-order valence-electron chi connectivity index (χ3n) is 3.17. The summed E-state index contributed by atoms with van der Waals surface area (Å²) < 4.78 is 0. The first-order chi connectivity index (χ1) is 9.61. The average Bonchev–Trinajstić information content (AvgIpc) is 2.62. The third-order valence-corrected chi connectivity index (χ3v) is 3.17. The molecule has 0 aliphatic carbocycles. The van der Waals surface area contributed by atoms with Crippen LogP contribution in [0.2, 0.25) is 0 Å². The molecule has 0 radical (unpaired) electrons. The number of nitrogens with two attached hydrogens (primary N) is 1. The van der Waals surface area contributed by atoms with E-state index in [1.54, 1.807) is 12.1 Å². The number of pyridine rings is 1. The average molecular weight is 276 g/mol. The minimum Gasteiger partial charge on any atom is -0.290 e. The fraction of sp³-hybridized carbons (Fsp3) is 0.385. The summed E-state index contributed by atoms with van der Waals surface area (Å²) in [6.07, 6.45) is 3.62. The lowest BCUT2D eigenvalue weighted by molar-refractivity contribution is -0.144. The van der Waals surface area contributed by atoms with Crippen LogP contribution >= 0.6 is 0 Å². The van der Waals surface area contributed by atoms with Gasteiger partial charge in [0.1, 0.15) is 0 Å². The molecule has 2 heterocycles. The van der Waals surface area contributed by atoms with Gasteiger partial charge in [0.15, 0.2) is 0 Å². The molecule has 20 heavy (non-hydrogen) atoms. The van der Waals surface area contributed by atoms with E-state index in [0.29, 0.717) is 24.1 Å². The maximum absolute atomic E-state index is 11.8. The Morgan fingerprint density at radius 2 is 1.90 bits per heavy atom. The van der Waals surface area contributed by atoms with E-state index in [1.807, 2.05) is 5.43 Å². The van der Waals surface area contributed by atoms with Crippen molar-refractivity contribution in [3.8, 4) is 0 Å². The lowest BCUT2D eigenvalue weighted by atomic mass is 10.2. The van der Waals surface area contributed by atoms with Crippen LogP contribution in [0, 0.1) is 0 Å². The van der Waals surface area contributed by atoms with Gasteiger partial charge in [0, 0.05) is 19.0 Å². The van der Waals surface area contributed by atoms with Crippen LogP contribution in [0.15, 0.2) is 18.3 Å². The normalized spacial score (nSPS) is 15.9. The highest BCUT2D eigenvalue weighted by Gasteiger charge is 2.24. The summed E-state index contributed by atoms with van der Waals surface area (Å²) in [5, 5.41) is 0. The zero-order valence-electron chi connectivity index (χ0n) is 11.0. The van der Waals surface area contributed by atoms with Crippen LogP contribution in [-0.4, -0.2) is 27.6 Å². The molecule has 1 saturated heterocycles. The van der Waals surface area contributed by atoms with Crippen molar-refractivity contribution in [2.24, 2.45) is 5.84 Å². The van der Waals surface area contributed by atoms with E-state index in [1.165, 1.54) is 11.1 Å². The van der Waals surface area contributed by atoms with E-state index in [0.717, 1.165) is 12.8 Å². The van der Waals surface area contributed by atoms with Crippen LogP contribution in [0.4, 0.5) is 0 Å². The standard InChI is InChI=1S/C13H16N4O3/c14-16-13(20)9-5-6-10(15-7-9)8-17-11(18)3-1-2-4-12(17)19/h5-7H,1-4,8,14H2,(H,16,20). The van der Waals surface area contributed by atoms with Gasteiger partial charge in [-0.2, -0.15) is 0 Å². The lowest BCUT2D eigenvalue weighted by Gasteiger charge is -2.18. The Morgan fingerprint density at radius 3 is 2.40 bits per heavy atom. The summed E-state index contributed by atoms with van der Waals surface area (Å²) in [4.78, 5) is 40.3. The molecule has 1 fully saturated rings. The van der Waals surface area contributed by atoms with Crippen LogP contribution in [0.1, 0.15) is 41.7 Å². The highest BCUT2D eigenvalue weighted by atomic mass is 16.2. The number of nitrogens with one attached hydrogen (secondary N) is 1. The fourth-order valence-corrected chi connectivity index (χ4v) is 2.04. The smallest absolute Gasteiger partial charge is 0.266 e. The molecule has 0 atom stereocenters. The Labute approximate surface area is 116 Å². The molecule has 1 aliphatic heterocycles. The van der Waals surface area contributed by atoms with Crippen molar-refractivity contribution in [1.29, 1.82) is 0 Å². The lowest BCUT2D eigenvalue weighted by Crippen LogP contribution is -2.35. The number of aromatic nitrogens is 1. The number of carbonyl (C=O) groups excluding carboxylic acids is 3.